The van der Waals surface area contributed by atoms with E-state index in [1.54, 1.807) is 0 Å². The van der Waals surface area contributed by atoms with Gasteiger partial charge in [-0.25, -0.2) is 4.68 Å². The van der Waals surface area contributed by atoms with Crippen molar-refractivity contribution < 1.29 is 4.79 Å². The summed E-state index contributed by atoms with van der Waals surface area (Å²) < 4.78 is 1.83. The molecule has 0 spiro atoms. The van der Waals surface area contributed by atoms with Crippen LogP contribution in [0.4, 0.5) is 0 Å². The standard InChI is InChI=1S/C20H28N4O.ClH/c1-20(2,3)18-17(14-24(22-18)16-10-6-5-7-11-16)19(25)23-12-8-9-15(13-23)21-4;/h5-7,10-11,14-15,21H,8-9,12-13H2,1-4H3;1H. The van der Waals surface area contributed by atoms with Crippen LogP contribution >= 0.6 is 12.4 Å². The third-order valence-electron chi connectivity index (χ3n) is 4.79. The molecule has 1 N–H and O–H groups in total. The maximum Gasteiger partial charge on any atom is 0.257 e. The minimum atomic E-state index is -0.191. The van der Waals surface area contributed by atoms with E-state index < -0.39 is 0 Å². The fraction of sp³-hybridized carbons (Fsp3) is 0.500. The van der Waals surface area contributed by atoms with Crippen molar-refractivity contribution in [1.82, 2.24) is 20.0 Å². The molecule has 1 amide bonds. The van der Waals surface area contributed by atoms with Gasteiger partial charge in [-0.3, -0.25) is 4.79 Å². The molecule has 1 saturated heterocycles. The number of nitrogens with zero attached hydrogens (tertiary/aromatic N) is 3. The Morgan fingerprint density at radius 2 is 1.92 bits per heavy atom. The second-order valence-electron chi connectivity index (χ2n) is 7.80. The first-order valence-corrected chi connectivity index (χ1v) is 9.02. The second-order valence-corrected chi connectivity index (χ2v) is 7.80. The molecule has 0 saturated carbocycles. The SMILES string of the molecule is CNC1CCCN(C(=O)c2cn(-c3ccccc3)nc2C(C)(C)C)C1.Cl. The van der Waals surface area contributed by atoms with Crippen LogP contribution < -0.4 is 5.32 Å². The lowest BCUT2D eigenvalue weighted by Gasteiger charge is -2.33. The molecular formula is C20H29ClN4O. The summed E-state index contributed by atoms with van der Waals surface area (Å²) in [6, 6.07) is 10.3. The van der Waals surface area contributed by atoms with Gasteiger partial charge in [-0.1, -0.05) is 39.0 Å². The summed E-state index contributed by atoms with van der Waals surface area (Å²) in [4.78, 5) is 15.2. The molecule has 1 aromatic carbocycles. The monoisotopic (exact) mass is 376 g/mol. The molecule has 26 heavy (non-hydrogen) atoms. The first-order valence-electron chi connectivity index (χ1n) is 9.02. The van der Waals surface area contributed by atoms with Gasteiger partial charge in [-0.2, -0.15) is 5.10 Å². The first-order chi connectivity index (χ1) is 11.9. The summed E-state index contributed by atoms with van der Waals surface area (Å²) >= 11 is 0. The summed E-state index contributed by atoms with van der Waals surface area (Å²) in [5.41, 5.74) is 2.35. The van der Waals surface area contributed by atoms with Crippen molar-refractivity contribution in [2.24, 2.45) is 0 Å². The maximum absolute atomic E-state index is 13.2. The zero-order valence-electron chi connectivity index (χ0n) is 16.0. The number of para-hydroxylation sites is 1. The van der Waals surface area contributed by atoms with Crippen LogP contribution in [0.3, 0.4) is 0 Å². The molecule has 2 heterocycles. The van der Waals surface area contributed by atoms with E-state index in [0.29, 0.717) is 11.6 Å². The molecule has 142 valence electrons. The smallest absolute Gasteiger partial charge is 0.257 e. The average Bonchev–Trinajstić information content (AvgIpc) is 3.08. The molecule has 0 aliphatic carbocycles. The van der Waals surface area contributed by atoms with Crippen molar-refractivity contribution in [3.8, 4) is 5.69 Å². The van der Waals surface area contributed by atoms with Crippen LogP contribution in [0.5, 0.6) is 0 Å². The van der Waals surface area contributed by atoms with Crippen LogP contribution in [0.2, 0.25) is 0 Å². The minimum Gasteiger partial charge on any atom is -0.337 e. The molecule has 1 aliphatic heterocycles. The number of carbonyl (C=O) groups excluding carboxylic acids is 1. The molecule has 1 atom stereocenters. The third kappa shape index (κ3) is 4.27. The molecule has 0 bridgehead atoms. The fourth-order valence-corrected chi connectivity index (χ4v) is 3.36. The minimum absolute atomic E-state index is 0. The van der Waals surface area contributed by atoms with Gasteiger partial charge < -0.3 is 10.2 Å². The quantitative estimate of drug-likeness (QED) is 0.892. The Bertz CT molecular complexity index is 736. The number of rotatable bonds is 3. The molecular weight excluding hydrogens is 348 g/mol. The molecule has 1 aliphatic rings. The van der Waals surface area contributed by atoms with E-state index in [2.05, 4.69) is 26.1 Å². The number of likely N-dealkylation sites (tertiary alicyclic amines) is 1. The fourth-order valence-electron chi connectivity index (χ4n) is 3.36. The molecule has 6 heteroatoms. The molecule has 1 aromatic heterocycles. The number of hydrogen-bond acceptors (Lipinski definition) is 3. The van der Waals surface area contributed by atoms with Crippen molar-refractivity contribution in [2.75, 3.05) is 20.1 Å². The lowest BCUT2D eigenvalue weighted by Crippen LogP contribution is -2.47. The van der Waals surface area contributed by atoms with Crippen LogP contribution in [0.15, 0.2) is 36.5 Å². The van der Waals surface area contributed by atoms with Gasteiger partial charge in [0, 0.05) is 30.7 Å². The molecule has 1 unspecified atom stereocenters. The number of nitrogens with one attached hydrogen (secondary N) is 1. The summed E-state index contributed by atoms with van der Waals surface area (Å²) in [6.45, 7) is 7.89. The average molecular weight is 377 g/mol. The van der Waals surface area contributed by atoms with E-state index >= 15 is 0 Å². The predicted molar refractivity (Wildman–Crippen MR) is 107 cm³/mol. The number of carbonyl (C=O) groups is 1. The Kier molecular flexibility index (Phi) is 6.48. The Morgan fingerprint density at radius 1 is 1.23 bits per heavy atom. The normalized spacial score (nSPS) is 17.7. The van der Waals surface area contributed by atoms with E-state index in [1.165, 1.54) is 0 Å². The Morgan fingerprint density at radius 3 is 2.54 bits per heavy atom. The summed E-state index contributed by atoms with van der Waals surface area (Å²) in [6.07, 6.45) is 4.05. The molecule has 0 radical (unpaired) electrons. The van der Waals surface area contributed by atoms with Crippen molar-refractivity contribution in [3.63, 3.8) is 0 Å². The topological polar surface area (TPSA) is 50.2 Å². The van der Waals surface area contributed by atoms with Crippen LogP contribution in [-0.4, -0.2) is 46.8 Å². The van der Waals surface area contributed by atoms with Gasteiger partial charge in [0.1, 0.15) is 0 Å². The number of amides is 1. The summed E-state index contributed by atoms with van der Waals surface area (Å²) in [7, 11) is 1.96. The third-order valence-corrected chi connectivity index (χ3v) is 4.79. The van der Waals surface area contributed by atoms with Crippen LogP contribution in [0, 0.1) is 0 Å². The van der Waals surface area contributed by atoms with Gasteiger partial charge in [0.15, 0.2) is 0 Å². The molecule has 5 nitrogen and oxygen atoms in total. The van der Waals surface area contributed by atoms with Gasteiger partial charge in [-0.05, 0) is 32.0 Å². The van der Waals surface area contributed by atoms with Crippen molar-refractivity contribution in [1.29, 1.82) is 0 Å². The van der Waals surface area contributed by atoms with Crippen molar-refractivity contribution in [2.45, 2.75) is 45.1 Å². The summed E-state index contributed by atoms with van der Waals surface area (Å²) in [5.74, 6) is 0.0899. The Balaban J connectivity index is 0.00000243. The Labute approximate surface area is 162 Å². The van der Waals surface area contributed by atoms with Gasteiger partial charge in [0.2, 0.25) is 0 Å². The van der Waals surface area contributed by atoms with Gasteiger partial charge in [0.25, 0.3) is 5.91 Å². The van der Waals surface area contributed by atoms with E-state index in [0.717, 1.165) is 37.3 Å². The summed E-state index contributed by atoms with van der Waals surface area (Å²) in [5, 5.41) is 8.06. The number of piperidine rings is 1. The highest BCUT2D eigenvalue weighted by molar-refractivity contribution is 5.95. The number of likely N-dealkylation sites (N-methyl/N-ethyl adjacent to an activating group) is 1. The number of halogens is 1. The van der Waals surface area contributed by atoms with Crippen molar-refractivity contribution >= 4 is 18.3 Å². The maximum atomic E-state index is 13.2. The van der Waals surface area contributed by atoms with E-state index in [-0.39, 0.29) is 23.7 Å². The van der Waals surface area contributed by atoms with Crippen LogP contribution in [0.1, 0.15) is 49.7 Å². The van der Waals surface area contributed by atoms with E-state index in [1.807, 2.05) is 53.2 Å². The van der Waals surface area contributed by atoms with Gasteiger partial charge >= 0.3 is 0 Å². The number of benzene rings is 1. The van der Waals surface area contributed by atoms with Crippen molar-refractivity contribution in [3.05, 3.63) is 47.8 Å². The highest BCUT2D eigenvalue weighted by atomic mass is 35.5. The number of hydrogen-bond donors (Lipinski definition) is 1. The van der Waals surface area contributed by atoms with E-state index in [9.17, 15) is 4.79 Å². The van der Waals surface area contributed by atoms with Crippen LogP contribution in [-0.2, 0) is 5.41 Å². The largest absolute Gasteiger partial charge is 0.337 e. The highest BCUT2D eigenvalue weighted by Crippen LogP contribution is 2.27. The second kappa shape index (κ2) is 8.23. The predicted octanol–water partition coefficient (Wildman–Crippen LogP) is 3.42. The van der Waals surface area contributed by atoms with Crippen LogP contribution in [0.25, 0.3) is 5.69 Å². The molecule has 3 rings (SSSR count). The first kappa shape index (κ1) is 20.5. The van der Waals surface area contributed by atoms with Gasteiger partial charge in [-0.15, -0.1) is 12.4 Å². The zero-order chi connectivity index (χ0) is 18.0. The molecule has 1 fully saturated rings. The zero-order valence-corrected chi connectivity index (χ0v) is 16.8. The molecule has 2 aromatic rings. The van der Waals surface area contributed by atoms with Gasteiger partial charge in [0.05, 0.1) is 16.9 Å². The lowest BCUT2D eigenvalue weighted by atomic mass is 9.89. The van der Waals surface area contributed by atoms with E-state index in [4.69, 9.17) is 5.10 Å². The number of aromatic nitrogens is 2. The highest BCUT2D eigenvalue weighted by Gasteiger charge is 2.31. The Hall–Kier alpha value is -1.85. The lowest BCUT2D eigenvalue weighted by molar-refractivity contribution is 0.0695.